The number of aliphatic hydroxyl groups excluding tert-OH is 3. The van der Waals surface area contributed by atoms with E-state index in [1.165, 1.54) is 23.8 Å². The molecule has 0 saturated carbocycles. The molecule has 8 nitrogen and oxygen atoms in total. The van der Waals surface area contributed by atoms with Gasteiger partial charge in [-0.05, 0) is 17.0 Å². The van der Waals surface area contributed by atoms with Crippen molar-refractivity contribution >= 4 is 22.9 Å². The summed E-state index contributed by atoms with van der Waals surface area (Å²) in [5.74, 6) is 1.24. The van der Waals surface area contributed by atoms with Crippen LogP contribution in [0.2, 0.25) is 0 Å². The molecule has 154 valence electrons. The summed E-state index contributed by atoms with van der Waals surface area (Å²) in [6, 6.07) is 8.54. The summed E-state index contributed by atoms with van der Waals surface area (Å²) < 4.78 is 7.16. The van der Waals surface area contributed by atoms with E-state index in [2.05, 4.69) is 53.1 Å². The third-order valence-corrected chi connectivity index (χ3v) is 6.19. The average Bonchev–Trinajstić information content (AvgIpc) is 3.28. The molecule has 0 amide bonds. The van der Waals surface area contributed by atoms with Crippen molar-refractivity contribution in [1.82, 2.24) is 19.5 Å². The van der Waals surface area contributed by atoms with Crippen molar-refractivity contribution < 1.29 is 20.1 Å². The molecule has 1 saturated heterocycles. The SMILES string of the molecule is CC(C)c1ccc(CSc2ncnc3c2ncn3[C@@H]2O[C@H](CO)[C@@H](O)[C@H]2O)cc1. The number of hydrogen-bond donors (Lipinski definition) is 3. The van der Waals surface area contributed by atoms with Crippen molar-refractivity contribution in [3.05, 3.63) is 48.0 Å². The van der Waals surface area contributed by atoms with Gasteiger partial charge in [-0.3, -0.25) is 4.57 Å². The van der Waals surface area contributed by atoms with Gasteiger partial charge in [-0.1, -0.05) is 49.9 Å². The van der Waals surface area contributed by atoms with Crippen LogP contribution in [0.25, 0.3) is 11.2 Å². The van der Waals surface area contributed by atoms with Gasteiger partial charge < -0.3 is 20.1 Å². The number of imidazole rings is 1. The van der Waals surface area contributed by atoms with Gasteiger partial charge in [-0.2, -0.15) is 0 Å². The summed E-state index contributed by atoms with van der Waals surface area (Å²) in [7, 11) is 0. The van der Waals surface area contributed by atoms with Crippen LogP contribution in [0.5, 0.6) is 0 Å². The van der Waals surface area contributed by atoms with Crippen molar-refractivity contribution in [1.29, 1.82) is 0 Å². The van der Waals surface area contributed by atoms with Gasteiger partial charge in [0.05, 0.1) is 12.9 Å². The molecule has 0 aliphatic carbocycles. The summed E-state index contributed by atoms with van der Waals surface area (Å²) in [5.41, 5.74) is 3.61. The molecular weight excluding hydrogens is 392 g/mol. The molecule has 0 spiro atoms. The number of nitrogens with zero attached hydrogens (tertiary/aromatic N) is 4. The summed E-state index contributed by atoms with van der Waals surface area (Å²) in [5, 5.41) is 30.3. The highest BCUT2D eigenvalue weighted by molar-refractivity contribution is 7.98. The number of ether oxygens (including phenoxy) is 1. The van der Waals surface area contributed by atoms with E-state index >= 15 is 0 Å². The van der Waals surface area contributed by atoms with Crippen molar-refractivity contribution in [2.45, 2.75) is 55.1 Å². The number of hydrogen-bond acceptors (Lipinski definition) is 8. The summed E-state index contributed by atoms with van der Waals surface area (Å²) in [4.78, 5) is 13.0. The second-order valence-electron chi connectivity index (χ2n) is 7.42. The van der Waals surface area contributed by atoms with Crippen LogP contribution in [0.4, 0.5) is 0 Å². The molecule has 0 unspecified atom stereocenters. The lowest BCUT2D eigenvalue weighted by atomic mass is 10.0. The number of aromatic nitrogens is 4. The monoisotopic (exact) mass is 416 g/mol. The van der Waals surface area contributed by atoms with Gasteiger partial charge in [-0.15, -0.1) is 0 Å². The van der Waals surface area contributed by atoms with Crippen LogP contribution in [0.1, 0.15) is 37.1 Å². The number of rotatable bonds is 6. The van der Waals surface area contributed by atoms with Crippen molar-refractivity contribution in [3.63, 3.8) is 0 Å². The van der Waals surface area contributed by atoms with Crippen molar-refractivity contribution in [3.8, 4) is 0 Å². The lowest BCUT2D eigenvalue weighted by Gasteiger charge is -2.16. The summed E-state index contributed by atoms with van der Waals surface area (Å²) in [6.07, 6.45) is -1.12. The lowest BCUT2D eigenvalue weighted by molar-refractivity contribution is -0.0511. The van der Waals surface area contributed by atoms with Crippen LogP contribution in [-0.2, 0) is 10.5 Å². The van der Waals surface area contributed by atoms with Gasteiger partial charge in [0.25, 0.3) is 0 Å². The first-order chi connectivity index (χ1) is 14.0. The summed E-state index contributed by atoms with van der Waals surface area (Å²) in [6.45, 7) is 3.96. The van der Waals surface area contributed by atoms with Crippen molar-refractivity contribution in [2.24, 2.45) is 0 Å². The molecule has 1 aliphatic rings. The quantitative estimate of drug-likeness (QED) is 0.412. The molecule has 29 heavy (non-hydrogen) atoms. The zero-order valence-electron chi connectivity index (χ0n) is 16.2. The minimum atomic E-state index is -1.19. The highest BCUT2D eigenvalue weighted by Crippen LogP contribution is 2.33. The third kappa shape index (κ3) is 3.88. The standard InChI is InChI=1S/C20H24N4O4S/c1-11(2)13-5-3-12(4-6-13)8-29-19-15-18(21-9-22-19)24(10-23-15)20-17(27)16(26)14(7-25)28-20/h3-6,9-11,14,16-17,20,25-27H,7-8H2,1-2H3/t14-,16-,17-,20-/m1/s1. The molecule has 1 aromatic carbocycles. The maximum absolute atomic E-state index is 10.3. The molecule has 3 N–H and O–H groups in total. The predicted octanol–water partition coefficient (Wildman–Crippen LogP) is 1.85. The van der Waals surface area contributed by atoms with E-state index in [9.17, 15) is 15.3 Å². The Kier molecular flexibility index (Phi) is 5.84. The van der Waals surface area contributed by atoms with Gasteiger partial charge in [0.15, 0.2) is 11.9 Å². The van der Waals surface area contributed by atoms with Crippen molar-refractivity contribution in [2.75, 3.05) is 6.61 Å². The molecule has 0 radical (unpaired) electrons. The maximum atomic E-state index is 10.3. The van der Waals surface area contributed by atoms with E-state index in [0.717, 1.165) is 10.8 Å². The lowest BCUT2D eigenvalue weighted by Crippen LogP contribution is -2.33. The van der Waals surface area contributed by atoms with E-state index in [4.69, 9.17) is 4.74 Å². The fourth-order valence-corrected chi connectivity index (χ4v) is 4.28. The Morgan fingerprint density at radius 1 is 1.10 bits per heavy atom. The Morgan fingerprint density at radius 2 is 1.86 bits per heavy atom. The van der Waals surface area contributed by atoms with Gasteiger partial charge in [-0.25, -0.2) is 15.0 Å². The highest BCUT2D eigenvalue weighted by Gasteiger charge is 2.44. The third-order valence-electron chi connectivity index (χ3n) is 5.14. The van der Waals surface area contributed by atoms with Gasteiger partial charge in [0.2, 0.25) is 0 Å². The smallest absolute Gasteiger partial charge is 0.166 e. The Bertz CT molecular complexity index is 978. The zero-order valence-corrected chi connectivity index (χ0v) is 17.0. The number of thioether (sulfide) groups is 1. The first kappa shape index (κ1) is 20.2. The minimum absolute atomic E-state index is 0.382. The van der Waals surface area contributed by atoms with Crippen LogP contribution < -0.4 is 0 Å². The molecule has 1 fully saturated rings. The van der Waals surface area contributed by atoms with E-state index < -0.39 is 24.5 Å². The fraction of sp³-hybridized carbons (Fsp3) is 0.450. The Morgan fingerprint density at radius 3 is 2.52 bits per heavy atom. The molecule has 9 heteroatoms. The van der Waals surface area contributed by atoms with E-state index in [1.54, 1.807) is 16.3 Å². The fourth-order valence-electron chi connectivity index (χ4n) is 3.38. The van der Waals surface area contributed by atoms with Gasteiger partial charge in [0, 0.05) is 5.75 Å². The molecule has 3 aromatic rings. The average molecular weight is 417 g/mol. The highest BCUT2D eigenvalue weighted by atomic mass is 32.2. The molecule has 4 rings (SSSR count). The molecule has 0 bridgehead atoms. The second-order valence-corrected chi connectivity index (χ2v) is 8.38. The normalized spacial score (nSPS) is 24.6. The topological polar surface area (TPSA) is 114 Å². The van der Waals surface area contributed by atoms with Crippen LogP contribution in [0.15, 0.2) is 41.9 Å². The van der Waals surface area contributed by atoms with Crippen LogP contribution >= 0.6 is 11.8 Å². The second kappa shape index (κ2) is 8.37. The largest absolute Gasteiger partial charge is 0.394 e. The number of aliphatic hydroxyl groups is 3. The van der Waals surface area contributed by atoms with Crippen LogP contribution in [-0.4, -0.2) is 59.8 Å². The number of fused-ring (bicyclic) bond motifs is 1. The predicted molar refractivity (Wildman–Crippen MR) is 108 cm³/mol. The molecule has 4 atom stereocenters. The first-order valence-corrected chi connectivity index (χ1v) is 10.5. The number of benzene rings is 1. The molecule has 3 heterocycles. The van der Waals surface area contributed by atoms with Gasteiger partial charge in [0.1, 0.15) is 35.2 Å². The maximum Gasteiger partial charge on any atom is 0.166 e. The Labute approximate surface area is 172 Å². The Balaban J connectivity index is 1.55. The van der Waals surface area contributed by atoms with E-state index in [0.29, 0.717) is 17.1 Å². The van der Waals surface area contributed by atoms with Crippen LogP contribution in [0, 0.1) is 0 Å². The molecule has 1 aliphatic heterocycles. The zero-order chi connectivity index (χ0) is 20.5. The minimum Gasteiger partial charge on any atom is -0.394 e. The summed E-state index contributed by atoms with van der Waals surface area (Å²) >= 11 is 1.56. The Hall–Kier alpha value is -2.04. The van der Waals surface area contributed by atoms with Crippen LogP contribution in [0.3, 0.4) is 0 Å². The van der Waals surface area contributed by atoms with E-state index in [1.807, 2.05) is 0 Å². The first-order valence-electron chi connectivity index (χ1n) is 9.51. The molecular formula is C20H24N4O4S. The van der Waals surface area contributed by atoms with Gasteiger partial charge >= 0.3 is 0 Å². The molecule has 2 aromatic heterocycles. The van der Waals surface area contributed by atoms with E-state index in [-0.39, 0.29) is 6.61 Å².